The van der Waals surface area contributed by atoms with Gasteiger partial charge in [0.1, 0.15) is 25.8 Å². The molecule has 0 aromatic heterocycles. The molecule has 0 bridgehead atoms. The van der Waals surface area contributed by atoms with Gasteiger partial charge in [-0.2, -0.15) is 0 Å². The predicted octanol–water partition coefficient (Wildman–Crippen LogP) is 2.86. The Labute approximate surface area is 223 Å². The molecule has 0 spiro atoms. The zero-order chi connectivity index (χ0) is 27.1. The van der Waals surface area contributed by atoms with Crippen LogP contribution in [0, 0.1) is 0 Å². The molecule has 0 fully saturated rings. The first-order valence-electron chi connectivity index (χ1n) is 12.3. The summed E-state index contributed by atoms with van der Waals surface area (Å²) in [7, 11) is -2.64. The van der Waals surface area contributed by atoms with Crippen molar-refractivity contribution in [2.24, 2.45) is 0 Å². The van der Waals surface area contributed by atoms with Crippen molar-refractivity contribution in [3.8, 4) is 11.5 Å². The van der Waals surface area contributed by atoms with Gasteiger partial charge in [-0.25, -0.2) is 8.42 Å². The van der Waals surface area contributed by atoms with Crippen LogP contribution in [0.4, 0.5) is 5.69 Å². The van der Waals surface area contributed by atoms with E-state index in [0.717, 1.165) is 9.87 Å². The Morgan fingerprint density at radius 1 is 0.921 bits per heavy atom. The molecule has 200 valence electrons. The van der Waals surface area contributed by atoms with Crippen LogP contribution < -0.4 is 19.1 Å². The van der Waals surface area contributed by atoms with Crippen LogP contribution in [0.25, 0.3) is 0 Å². The van der Waals surface area contributed by atoms with Gasteiger partial charge in [0.25, 0.3) is 10.0 Å². The maximum Gasteiger partial charge on any atom is 0.264 e. The molecule has 2 amide bonds. The molecule has 9 nitrogen and oxygen atoms in total. The van der Waals surface area contributed by atoms with Gasteiger partial charge in [0.2, 0.25) is 11.8 Å². The normalized spacial score (nSPS) is 13.3. The molecule has 1 aliphatic rings. The first-order chi connectivity index (χ1) is 18.3. The number of nitrogens with one attached hydrogen (secondary N) is 1. The lowest BCUT2D eigenvalue weighted by Crippen LogP contribution is -2.51. The summed E-state index contributed by atoms with van der Waals surface area (Å²) in [5.41, 5.74) is 1.25. The van der Waals surface area contributed by atoms with E-state index in [9.17, 15) is 18.0 Å². The third-order valence-electron chi connectivity index (χ3n) is 6.32. The van der Waals surface area contributed by atoms with Crippen molar-refractivity contribution in [1.82, 2.24) is 10.2 Å². The highest BCUT2D eigenvalue weighted by atomic mass is 32.2. The van der Waals surface area contributed by atoms with E-state index in [2.05, 4.69) is 5.32 Å². The number of nitrogens with zero attached hydrogens (tertiary/aromatic N) is 2. The Hall–Kier alpha value is -4.05. The van der Waals surface area contributed by atoms with Crippen LogP contribution in [0.2, 0.25) is 0 Å². The van der Waals surface area contributed by atoms with Gasteiger partial charge >= 0.3 is 0 Å². The van der Waals surface area contributed by atoms with Gasteiger partial charge in [0.05, 0.1) is 10.6 Å². The fourth-order valence-corrected chi connectivity index (χ4v) is 5.64. The van der Waals surface area contributed by atoms with E-state index in [1.165, 1.54) is 24.1 Å². The minimum Gasteiger partial charge on any atom is -0.486 e. The molecule has 0 radical (unpaired) electrons. The number of benzene rings is 3. The second-order valence-corrected chi connectivity index (χ2v) is 10.6. The van der Waals surface area contributed by atoms with Gasteiger partial charge in [-0.05, 0) is 43.2 Å². The van der Waals surface area contributed by atoms with E-state index in [4.69, 9.17) is 9.47 Å². The SMILES string of the molecule is CNC(=O)[C@@H](C)N(CCc1ccccc1)C(=O)CN(c1ccc2c(c1)OCCO2)S(=O)(=O)c1ccccc1. The Balaban J connectivity index is 1.69. The lowest BCUT2D eigenvalue weighted by atomic mass is 10.1. The number of hydrogen-bond acceptors (Lipinski definition) is 6. The monoisotopic (exact) mass is 537 g/mol. The number of likely N-dealkylation sites (N-methyl/N-ethyl adjacent to an activating group) is 1. The first-order valence-corrected chi connectivity index (χ1v) is 13.8. The molecule has 3 aromatic carbocycles. The molecule has 1 atom stereocenters. The summed E-state index contributed by atoms with van der Waals surface area (Å²) in [4.78, 5) is 27.8. The van der Waals surface area contributed by atoms with Gasteiger partial charge in [-0.3, -0.25) is 13.9 Å². The summed E-state index contributed by atoms with van der Waals surface area (Å²) in [5.74, 6) is 0.0462. The lowest BCUT2D eigenvalue weighted by molar-refractivity contribution is -0.138. The second-order valence-electron chi connectivity index (χ2n) is 8.77. The molecule has 0 aliphatic carbocycles. The van der Waals surface area contributed by atoms with Gasteiger partial charge in [-0.15, -0.1) is 0 Å². The summed E-state index contributed by atoms with van der Waals surface area (Å²) in [6.45, 7) is 2.08. The minimum absolute atomic E-state index is 0.0397. The van der Waals surface area contributed by atoms with Crippen molar-refractivity contribution in [2.75, 3.05) is 37.7 Å². The van der Waals surface area contributed by atoms with Crippen molar-refractivity contribution in [2.45, 2.75) is 24.3 Å². The average molecular weight is 538 g/mol. The third-order valence-corrected chi connectivity index (χ3v) is 8.11. The molecule has 0 saturated carbocycles. The summed E-state index contributed by atoms with van der Waals surface area (Å²) in [5, 5.41) is 2.58. The largest absolute Gasteiger partial charge is 0.486 e. The number of carbonyl (C=O) groups excluding carboxylic acids is 2. The van der Waals surface area contributed by atoms with E-state index < -0.39 is 28.5 Å². The third kappa shape index (κ3) is 6.08. The number of amides is 2. The molecular formula is C28H31N3O6S. The Kier molecular flexibility index (Phi) is 8.52. The highest BCUT2D eigenvalue weighted by Gasteiger charge is 2.32. The maximum atomic E-state index is 13.8. The van der Waals surface area contributed by atoms with Crippen LogP contribution in [-0.2, 0) is 26.0 Å². The van der Waals surface area contributed by atoms with E-state index in [1.807, 2.05) is 30.3 Å². The Morgan fingerprint density at radius 3 is 2.21 bits per heavy atom. The number of anilines is 1. The van der Waals surface area contributed by atoms with Crippen LogP contribution >= 0.6 is 0 Å². The number of hydrogen-bond donors (Lipinski definition) is 1. The van der Waals surface area contributed by atoms with E-state index in [0.29, 0.717) is 31.1 Å². The van der Waals surface area contributed by atoms with Crippen molar-refractivity contribution in [1.29, 1.82) is 0 Å². The standard InChI is InChI=1S/C28H31N3O6S/c1-21(28(33)29-2)30(16-15-22-9-5-3-6-10-22)27(32)20-31(38(34,35)24-11-7-4-8-12-24)23-13-14-25-26(19-23)37-18-17-36-25/h3-14,19,21H,15-18,20H2,1-2H3,(H,29,33)/t21-/m1/s1. The van der Waals surface area contributed by atoms with Gasteiger partial charge in [0.15, 0.2) is 11.5 Å². The molecule has 1 aliphatic heterocycles. The van der Waals surface area contributed by atoms with Gasteiger partial charge in [0, 0.05) is 19.7 Å². The number of fused-ring (bicyclic) bond motifs is 1. The molecule has 0 unspecified atom stereocenters. The maximum absolute atomic E-state index is 13.8. The number of rotatable bonds is 10. The van der Waals surface area contributed by atoms with Crippen molar-refractivity contribution < 1.29 is 27.5 Å². The van der Waals surface area contributed by atoms with Crippen LogP contribution in [0.1, 0.15) is 12.5 Å². The minimum atomic E-state index is -4.14. The molecule has 1 heterocycles. The molecule has 0 saturated heterocycles. The Bertz CT molecular complexity index is 1370. The van der Waals surface area contributed by atoms with Crippen molar-refractivity contribution in [3.05, 3.63) is 84.4 Å². The van der Waals surface area contributed by atoms with Crippen molar-refractivity contribution >= 4 is 27.5 Å². The molecular weight excluding hydrogens is 506 g/mol. The fourth-order valence-electron chi connectivity index (χ4n) is 4.21. The zero-order valence-corrected chi connectivity index (χ0v) is 22.2. The Morgan fingerprint density at radius 2 is 1.55 bits per heavy atom. The van der Waals surface area contributed by atoms with E-state index in [-0.39, 0.29) is 23.0 Å². The van der Waals surface area contributed by atoms with Crippen LogP contribution in [0.3, 0.4) is 0 Å². The lowest BCUT2D eigenvalue weighted by Gasteiger charge is -2.32. The summed E-state index contributed by atoms with van der Waals surface area (Å²) in [6.07, 6.45) is 0.503. The molecule has 1 N–H and O–H groups in total. The van der Waals surface area contributed by atoms with E-state index >= 15 is 0 Å². The number of sulfonamides is 1. The van der Waals surface area contributed by atoms with Crippen LogP contribution in [-0.4, -0.2) is 64.5 Å². The van der Waals surface area contributed by atoms with Crippen molar-refractivity contribution in [3.63, 3.8) is 0 Å². The summed E-state index contributed by atoms with van der Waals surface area (Å²) in [6, 6.07) is 21.5. The topological polar surface area (TPSA) is 105 Å². The first kappa shape index (κ1) is 27.0. The summed E-state index contributed by atoms with van der Waals surface area (Å²) < 4.78 is 39.9. The average Bonchev–Trinajstić information content (AvgIpc) is 2.96. The number of carbonyl (C=O) groups is 2. The highest BCUT2D eigenvalue weighted by Crippen LogP contribution is 2.35. The highest BCUT2D eigenvalue weighted by molar-refractivity contribution is 7.92. The quantitative estimate of drug-likeness (QED) is 0.427. The van der Waals surface area contributed by atoms with E-state index in [1.54, 1.807) is 43.3 Å². The van der Waals surface area contributed by atoms with Gasteiger partial charge < -0.3 is 19.7 Å². The smallest absolute Gasteiger partial charge is 0.264 e. The molecule has 38 heavy (non-hydrogen) atoms. The number of ether oxygens (including phenoxy) is 2. The zero-order valence-electron chi connectivity index (χ0n) is 21.4. The van der Waals surface area contributed by atoms with Crippen LogP contribution in [0.5, 0.6) is 11.5 Å². The molecule has 10 heteroatoms. The molecule has 3 aromatic rings. The van der Waals surface area contributed by atoms with Crippen LogP contribution in [0.15, 0.2) is 83.8 Å². The fraction of sp³-hybridized carbons (Fsp3) is 0.286. The predicted molar refractivity (Wildman–Crippen MR) is 144 cm³/mol. The van der Waals surface area contributed by atoms with Gasteiger partial charge in [-0.1, -0.05) is 48.5 Å². The summed E-state index contributed by atoms with van der Waals surface area (Å²) >= 11 is 0. The molecule has 4 rings (SSSR count). The second kappa shape index (κ2) is 12.0.